The molecule has 3 rings (SSSR count). The predicted octanol–water partition coefficient (Wildman–Crippen LogP) is 7.00. The number of ether oxygens (including phenoxy) is 4. The van der Waals surface area contributed by atoms with Crippen molar-refractivity contribution >= 4 is 41.1 Å². The van der Waals surface area contributed by atoms with Crippen molar-refractivity contribution in [3.05, 3.63) is 51.7 Å². The summed E-state index contributed by atoms with van der Waals surface area (Å²) in [5, 5.41) is 23.8. The Hall–Kier alpha value is -4.27. The lowest BCUT2D eigenvalue weighted by Gasteiger charge is -2.40. The summed E-state index contributed by atoms with van der Waals surface area (Å²) < 4.78 is 36.7. The second-order valence-electron chi connectivity index (χ2n) is 19.7. The molecule has 0 aliphatic carbocycles. The van der Waals surface area contributed by atoms with Crippen LogP contribution in [-0.2, 0) is 39.8 Å². The zero-order valence-electron chi connectivity index (χ0n) is 44.0. The van der Waals surface area contributed by atoms with Crippen molar-refractivity contribution in [2.24, 2.45) is 17.3 Å². The Balaban J connectivity index is 1.93. The molecule has 6 atom stereocenters. The van der Waals surface area contributed by atoms with Gasteiger partial charge >= 0.3 is 12.1 Å². The zero-order chi connectivity index (χ0) is 52.3. The number of carboxylic acid groups (broad SMARTS) is 1. The van der Waals surface area contributed by atoms with Gasteiger partial charge in [-0.05, 0) is 96.1 Å². The number of nitrogens with one attached hydrogen (secondary N) is 4. The molecule has 0 spiro atoms. The van der Waals surface area contributed by atoms with Crippen LogP contribution in [0.1, 0.15) is 140 Å². The Labute approximate surface area is 426 Å². The van der Waals surface area contributed by atoms with E-state index in [4.69, 9.17) is 23.9 Å². The van der Waals surface area contributed by atoms with Crippen LogP contribution in [0.4, 0.5) is 9.18 Å². The minimum absolute atomic E-state index is 0.0391. The average molecular weight is 1020 g/mol. The van der Waals surface area contributed by atoms with E-state index < -0.39 is 53.4 Å². The molecule has 402 valence electrons. The van der Waals surface area contributed by atoms with Crippen LogP contribution < -0.4 is 21.3 Å². The standard InChI is InChI=1S/C52H86FN7O10S/c1-10-12-13-15-25-60(49(63)45(37(5)11-2)58-47(62)42-17-14-16-24-59(42)9)43(36(3)4)33-44(70-51(66)55-23-27-68-29-31-69-30-28-67-26-22-54-8)48-57-41(35-71-48)46(61)56-40(34-52(6,7)50(64)65)32-38-18-20-39(53)21-19-38/h18-21,35-37,40,42-45,54H,10-17,22-34H2,1-9H3,(H,55,66)(H,56,61)(H,58,62)(H,64,65)/t37-,40-,42+,43+,44+,45-/m0/s1. The molecule has 1 saturated heterocycles. The van der Waals surface area contributed by atoms with E-state index in [2.05, 4.69) is 33.1 Å². The maximum absolute atomic E-state index is 15.1. The molecular formula is C52H86FN7O10S. The number of nitrogens with zero attached hydrogens (tertiary/aromatic N) is 3. The largest absolute Gasteiger partial charge is 0.481 e. The molecule has 2 aromatic rings. The van der Waals surface area contributed by atoms with Crippen molar-refractivity contribution in [2.45, 2.75) is 149 Å². The number of aromatic nitrogens is 1. The van der Waals surface area contributed by atoms with Crippen LogP contribution in [0.25, 0.3) is 0 Å². The Kier molecular flexibility index (Phi) is 28.1. The van der Waals surface area contributed by atoms with Crippen molar-refractivity contribution in [2.75, 3.05) is 79.9 Å². The van der Waals surface area contributed by atoms with Gasteiger partial charge in [0.05, 0.1) is 51.1 Å². The summed E-state index contributed by atoms with van der Waals surface area (Å²) in [6.45, 7) is 17.8. The number of unbranched alkanes of at least 4 members (excludes halogenated alkanes) is 3. The van der Waals surface area contributed by atoms with Gasteiger partial charge in [-0.15, -0.1) is 11.3 Å². The summed E-state index contributed by atoms with van der Waals surface area (Å²) in [5.41, 5.74) is -0.453. The molecule has 0 radical (unpaired) electrons. The van der Waals surface area contributed by atoms with Gasteiger partial charge in [0.1, 0.15) is 22.6 Å². The highest BCUT2D eigenvalue weighted by Gasteiger charge is 2.39. The lowest BCUT2D eigenvalue weighted by atomic mass is 9.84. The first kappa shape index (κ1) is 61.0. The summed E-state index contributed by atoms with van der Waals surface area (Å²) in [6.07, 6.45) is 5.65. The van der Waals surface area contributed by atoms with E-state index in [-0.39, 0.29) is 67.8 Å². The number of likely N-dealkylation sites (tertiary alicyclic amines) is 1. The van der Waals surface area contributed by atoms with Crippen LogP contribution in [-0.4, -0.2) is 154 Å². The Bertz CT molecular complexity index is 1890. The van der Waals surface area contributed by atoms with E-state index in [1.807, 2.05) is 46.7 Å². The summed E-state index contributed by atoms with van der Waals surface area (Å²) in [7, 11) is 3.81. The van der Waals surface area contributed by atoms with E-state index in [0.29, 0.717) is 56.6 Å². The number of alkyl carbamates (subject to hydrolysis) is 1. The van der Waals surface area contributed by atoms with Gasteiger partial charge in [-0.25, -0.2) is 14.2 Å². The van der Waals surface area contributed by atoms with Gasteiger partial charge in [0.2, 0.25) is 11.8 Å². The first-order valence-corrected chi connectivity index (χ1v) is 26.7. The van der Waals surface area contributed by atoms with E-state index >= 15 is 4.79 Å². The number of carbonyl (C=O) groups excluding carboxylic acids is 4. The second-order valence-corrected chi connectivity index (χ2v) is 20.6. The van der Waals surface area contributed by atoms with E-state index in [1.165, 1.54) is 12.1 Å². The third kappa shape index (κ3) is 21.8. The smallest absolute Gasteiger partial charge is 0.407 e. The number of aliphatic carboxylic acids is 1. The molecule has 0 unspecified atom stereocenters. The van der Waals surface area contributed by atoms with E-state index in [1.54, 1.807) is 31.4 Å². The van der Waals surface area contributed by atoms with Crippen LogP contribution >= 0.6 is 11.3 Å². The highest BCUT2D eigenvalue weighted by atomic mass is 32.1. The molecular weight excluding hydrogens is 934 g/mol. The number of carboxylic acids is 1. The van der Waals surface area contributed by atoms with Gasteiger partial charge in [0.15, 0.2) is 6.10 Å². The van der Waals surface area contributed by atoms with Crippen LogP contribution in [0.3, 0.4) is 0 Å². The summed E-state index contributed by atoms with van der Waals surface area (Å²) >= 11 is 1.13. The number of likely N-dealkylation sites (N-methyl/N-ethyl adjacent to an activating group) is 2. The molecule has 1 fully saturated rings. The fraction of sp³-hybridized carbons (Fsp3) is 0.731. The Morgan fingerprint density at radius 3 is 2.20 bits per heavy atom. The fourth-order valence-corrected chi connectivity index (χ4v) is 9.38. The van der Waals surface area contributed by atoms with Gasteiger partial charge in [-0.2, -0.15) is 0 Å². The SMILES string of the molecule is CCCCCCN(C(=O)[C@@H](NC(=O)[C@H]1CCCCN1C)[C@@H](C)CC)[C@H](C[C@@H](OC(=O)NCCOCCOCCOCCNC)c1nc(C(=O)N[C@@H](Cc2ccc(F)cc2)CC(C)(C)C(=O)O)cs1)C(C)C. The minimum Gasteiger partial charge on any atom is -0.481 e. The highest BCUT2D eigenvalue weighted by Crippen LogP contribution is 2.33. The van der Waals surface area contributed by atoms with Crippen molar-refractivity contribution in [3.63, 3.8) is 0 Å². The summed E-state index contributed by atoms with van der Waals surface area (Å²) in [5.74, 6) is -2.67. The van der Waals surface area contributed by atoms with Crippen molar-refractivity contribution < 1.29 is 52.4 Å². The normalized spacial score (nSPS) is 16.4. The number of piperidine rings is 1. The van der Waals surface area contributed by atoms with E-state index in [9.17, 15) is 28.7 Å². The highest BCUT2D eigenvalue weighted by molar-refractivity contribution is 7.09. The average Bonchev–Trinajstić information content (AvgIpc) is 3.84. The van der Waals surface area contributed by atoms with Crippen LogP contribution in [0, 0.1) is 23.1 Å². The van der Waals surface area contributed by atoms with Gasteiger partial charge < -0.3 is 50.2 Å². The lowest BCUT2D eigenvalue weighted by Crippen LogP contribution is -2.59. The maximum Gasteiger partial charge on any atom is 0.407 e. The van der Waals surface area contributed by atoms with Crippen molar-refractivity contribution in [1.82, 2.24) is 36.1 Å². The topological polar surface area (TPSA) is 210 Å². The summed E-state index contributed by atoms with van der Waals surface area (Å²) in [6, 6.07) is 3.56. The van der Waals surface area contributed by atoms with Crippen molar-refractivity contribution in [1.29, 1.82) is 0 Å². The Morgan fingerprint density at radius 2 is 1.59 bits per heavy atom. The molecule has 1 aliphatic heterocycles. The molecule has 71 heavy (non-hydrogen) atoms. The molecule has 19 heteroatoms. The number of hydrogen-bond acceptors (Lipinski definition) is 13. The molecule has 17 nitrogen and oxygen atoms in total. The molecule has 5 N–H and O–H groups in total. The number of amides is 4. The number of carbonyl (C=O) groups is 5. The van der Waals surface area contributed by atoms with Gasteiger partial charge in [0.25, 0.3) is 5.91 Å². The first-order chi connectivity index (χ1) is 33.9. The van der Waals surface area contributed by atoms with Gasteiger partial charge in [-0.1, -0.05) is 78.9 Å². The first-order valence-electron chi connectivity index (χ1n) is 25.8. The molecule has 4 amide bonds. The van der Waals surface area contributed by atoms with Crippen LogP contribution in [0.5, 0.6) is 0 Å². The third-order valence-corrected chi connectivity index (χ3v) is 14.0. The quantitative estimate of drug-likeness (QED) is 0.0441. The van der Waals surface area contributed by atoms with Crippen LogP contribution in [0.2, 0.25) is 0 Å². The summed E-state index contributed by atoms with van der Waals surface area (Å²) in [4.78, 5) is 77.6. The number of hydrogen-bond donors (Lipinski definition) is 5. The number of thiazole rings is 1. The molecule has 0 bridgehead atoms. The molecule has 1 aromatic heterocycles. The second kappa shape index (κ2) is 32.7. The third-order valence-electron chi connectivity index (χ3n) is 13.1. The minimum atomic E-state index is -1.20. The number of rotatable bonds is 35. The Morgan fingerprint density at radius 1 is 0.930 bits per heavy atom. The van der Waals surface area contributed by atoms with Gasteiger partial charge in [0, 0.05) is 43.5 Å². The van der Waals surface area contributed by atoms with Crippen molar-refractivity contribution in [3.8, 4) is 0 Å². The fourth-order valence-electron chi connectivity index (χ4n) is 8.54. The lowest BCUT2D eigenvalue weighted by molar-refractivity contribution is -0.147. The predicted molar refractivity (Wildman–Crippen MR) is 274 cm³/mol. The molecule has 1 aliphatic rings. The molecule has 1 aromatic carbocycles. The number of halogens is 1. The number of benzene rings is 1. The van der Waals surface area contributed by atoms with Gasteiger partial charge in [-0.3, -0.25) is 24.1 Å². The molecule has 2 heterocycles. The maximum atomic E-state index is 15.1. The van der Waals surface area contributed by atoms with Crippen LogP contribution in [0.15, 0.2) is 29.6 Å². The molecule has 0 saturated carbocycles. The zero-order valence-corrected chi connectivity index (χ0v) is 44.8. The van der Waals surface area contributed by atoms with E-state index in [0.717, 1.165) is 69.4 Å². The monoisotopic (exact) mass is 1020 g/mol.